The second-order valence-corrected chi connectivity index (χ2v) is 5.04. The molecule has 3 atom stereocenters. The SMILES string of the molecule is Br[C@@H]1CCC[C@H]2CNCC[C@@H]21. The fourth-order valence-corrected chi connectivity index (χ4v) is 3.54. The predicted molar refractivity (Wildman–Crippen MR) is 51.0 cm³/mol. The van der Waals surface area contributed by atoms with Crippen LogP contribution in [-0.4, -0.2) is 17.9 Å². The number of hydrogen-bond acceptors (Lipinski definition) is 1. The lowest BCUT2D eigenvalue weighted by atomic mass is 9.75. The minimum atomic E-state index is 0.823. The van der Waals surface area contributed by atoms with Gasteiger partial charge in [-0.1, -0.05) is 22.4 Å². The lowest BCUT2D eigenvalue weighted by Crippen LogP contribution is -2.42. The quantitative estimate of drug-likeness (QED) is 0.614. The Labute approximate surface area is 77.1 Å². The van der Waals surface area contributed by atoms with Gasteiger partial charge in [0.1, 0.15) is 0 Å². The van der Waals surface area contributed by atoms with Crippen molar-refractivity contribution >= 4 is 15.9 Å². The lowest BCUT2D eigenvalue weighted by molar-refractivity contribution is 0.195. The predicted octanol–water partition coefficient (Wildman–Crippen LogP) is 2.16. The molecule has 2 heteroatoms. The summed E-state index contributed by atoms with van der Waals surface area (Å²) in [6, 6.07) is 0. The summed E-state index contributed by atoms with van der Waals surface area (Å²) in [6.45, 7) is 2.51. The van der Waals surface area contributed by atoms with Crippen molar-refractivity contribution in [3.63, 3.8) is 0 Å². The zero-order valence-electron chi connectivity index (χ0n) is 6.85. The Morgan fingerprint density at radius 2 is 2.09 bits per heavy atom. The smallest absolute Gasteiger partial charge is 0.0177 e. The Hall–Kier alpha value is 0.440. The van der Waals surface area contributed by atoms with E-state index in [2.05, 4.69) is 21.2 Å². The molecule has 64 valence electrons. The Kier molecular flexibility index (Phi) is 2.52. The molecular weight excluding hydrogens is 202 g/mol. The van der Waals surface area contributed by atoms with E-state index in [0.717, 1.165) is 16.7 Å². The van der Waals surface area contributed by atoms with Crippen molar-refractivity contribution in [1.82, 2.24) is 5.32 Å². The monoisotopic (exact) mass is 217 g/mol. The first-order chi connectivity index (χ1) is 5.38. The van der Waals surface area contributed by atoms with Crippen molar-refractivity contribution in [1.29, 1.82) is 0 Å². The summed E-state index contributed by atoms with van der Waals surface area (Å²) in [5, 5.41) is 3.48. The number of halogens is 1. The fourth-order valence-electron chi connectivity index (χ4n) is 2.52. The molecule has 0 aromatic carbocycles. The summed E-state index contributed by atoms with van der Waals surface area (Å²) >= 11 is 3.80. The first-order valence-corrected chi connectivity index (χ1v) is 5.64. The van der Waals surface area contributed by atoms with Crippen LogP contribution in [0.3, 0.4) is 0 Å². The molecule has 0 amide bonds. The molecule has 0 bridgehead atoms. The van der Waals surface area contributed by atoms with Crippen LogP contribution in [0.15, 0.2) is 0 Å². The molecule has 1 saturated carbocycles. The van der Waals surface area contributed by atoms with Gasteiger partial charge < -0.3 is 5.32 Å². The van der Waals surface area contributed by atoms with Crippen molar-refractivity contribution in [2.75, 3.05) is 13.1 Å². The number of hydrogen-bond donors (Lipinski definition) is 1. The van der Waals surface area contributed by atoms with E-state index in [-0.39, 0.29) is 0 Å². The van der Waals surface area contributed by atoms with Crippen molar-refractivity contribution in [2.45, 2.75) is 30.5 Å². The van der Waals surface area contributed by atoms with Gasteiger partial charge in [-0.2, -0.15) is 0 Å². The highest BCUT2D eigenvalue weighted by atomic mass is 79.9. The third kappa shape index (κ3) is 1.62. The van der Waals surface area contributed by atoms with Gasteiger partial charge >= 0.3 is 0 Å². The number of nitrogens with one attached hydrogen (secondary N) is 1. The second kappa shape index (κ2) is 3.44. The standard InChI is InChI=1S/C9H16BrN/c10-9-3-1-2-7-6-11-5-4-8(7)9/h7-9,11H,1-6H2/t7-,8-,9+/m0/s1. The molecule has 0 aromatic heterocycles. The molecule has 1 heterocycles. The van der Waals surface area contributed by atoms with Crippen LogP contribution in [-0.2, 0) is 0 Å². The van der Waals surface area contributed by atoms with E-state index in [1.54, 1.807) is 0 Å². The summed E-state index contributed by atoms with van der Waals surface area (Å²) in [7, 11) is 0. The Morgan fingerprint density at radius 1 is 1.18 bits per heavy atom. The van der Waals surface area contributed by atoms with E-state index in [1.807, 2.05) is 0 Å². The van der Waals surface area contributed by atoms with Gasteiger partial charge in [0, 0.05) is 4.83 Å². The van der Waals surface area contributed by atoms with Crippen molar-refractivity contribution < 1.29 is 0 Å². The summed E-state index contributed by atoms with van der Waals surface area (Å²) in [4.78, 5) is 0.823. The lowest BCUT2D eigenvalue weighted by Gasteiger charge is -2.39. The molecule has 0 aromatic rings. The highest BCUT2D eigenvalue weighted by molar-refractivity contribution is 9.09. The second-order valence-electron chi connectivity index (χ2n) is 3.86. The molecule has 2 rings (SSSR count). The summed E-state index contributed by atoms with van der Waals surface area (Å²) in [6.07, 6.45) is 5.68. The van der Waals surface area contributed by atoms with Gasteiger partial charge in [-0.3, -0.25) is 0 Å². The highest BCUT2D eigenvalue weighted by Crippen LogP contribution is 2.37. The largest absolute Gasteiger partial charge is 0.316 e. The highest BCUT2D eigenvalue weighted by Gasteiger charge is 2.32. The van der Waals surface area contributed by atoms with Gasteiger partial charge in [0.2, 0.25) is 0 Å². The average molecular weight is 218 g/mol. The van der Waals surface area contributed by atoms with E-state index >= 15 is 0 Å². The van der Waals surface area contributed by atoms with Crippen LogP contribution in [0.5, 0.6) is 0 Å². The van der Waals surface area contributed by atoms with Crippen molar-refractivity contribution in [3.8, 4) is 0 Å². The Bertz CT molecular complexity index is 136. The minimum absolute atomic E-state index is 0.823. The zero-order chi connectivity index (χ0) is 7.68. The zero-order valence-corrected chi connectivity index (χ0v) is 8.44. The fraction of sp³-hybridized carbons (Fsp3) is 1.00. The maximum Gasteiger partial charge on any atom is 0.0177 e. The molecule has 1 aliphatic heterocycles. The van der Waals surface area contributed by atoms with Crippen LogP contribution in [0.2, 0.25) is 0 Å². The van der Waals surface area contributed by atoms with Crippen molar-refractivity contribution in [3.05, 3.63) is 0 Å². The van der Waals surface area contributed by atoms with E-state index in [0.29, 0.717) is 0 Å². The molecule has 11 heavy (non-hydrogen) atoms. The maximum atomic E-state index is 3.80. The minimum Gasteiger partial charge on any atom is -0.316 e. The van der Waals surface area contributed by atoms with E-state index in [1.165, 1.54) is 38.8 Å². The van der Waals surface area contributed by atoms with E-state index < -0.39 is 0 Å². The molecule has 0 radical (unpaired) electrons. The van der Waals surface area contributed by atoms with Gasteiger partial charge in [-0.05, 0) is 44.2 Å². The van der Waals surface area contributed by atoms with Gasteiger partial charge in [0.05, 0.1) is 0 Å². The summed E-state index contributed by atoms with van der Waals surface area (Å²) in [5.41, 5.74) is 0. The van der Waals surface area contributed by atoms with Crippen molar-refractivity contribution in [2.24, 2.45) is 11.8 Å². The molecule has 2 aliphatic rings. The van der Waals surface area contributed by atoms with E-state index in [9.17, 15) is 0 Å². The normalized spacial score (nSPS) is 45.0. The van der Waals surface area contributed by atoms with Crippen LogP contribution >= 0.6 is 15.9 Å². The summed E-state index contributed by atoms with van der Waals surface area (Å²) < 4.78 is 0. The molecule has 1 N–H and O–H groups in total. The van der Waals surface area contributed by atoms with Crippen LogP contribution < -0.4 is 5.32 Å². The third-order valence-corrected chi connectivity index (χ3v) is 4.32. The van der Waals surface area contributed by atoms with E-state index in [4.69, 9.17) is 0 Å². The Balaban J connectivity index is 1.99. The Morgan fingerprint density at radius 3 is 2.91 bits per heavy atom. The molecule has 2 fully saturated rings. The number of rotatable bonds is 0. The number of piperidine rings is 1. The summed E-state index contributed by atoms with van der Waals surface area (Å²) in [5.74, 6) is 1.95. The molecule has 1 aliphatic carbocycles. The molecule has 0 spiro atoms. The molecular formula is C9H16BrN. The van der Waals surface area contributed by atoms with Gasteiger partial charge in [0.25, 0.3) is 0 Å². The van der Waals surface area contributed by atoms with Gasteiger partial charge in [-0.15, -0.1) is 0 Å². The van der Waals surface area contributed by atoms with Crippen LogP contribution in [0.25, 0.3) is 0 Å². The van der Waals surface area contributed by atoms with Crippen LogP contribution in [0.4, 0.5) is 0 Å². The molecule has 1 nitrogen and oxygen atoms in total. The molecule has 0 unspecified atom stereocenters. The van der Waals surface area contributed by atoms with Crippen LogP contribution in [0.1, 0.15) is 25.7 Å². The van der Waals surface area contributed by atoms with Crippen LogP contribution in [0, 0.1) is 11.8 Å². The third-order valence-electron chi connectivity index (χ3n) is 3.19. The maximum absolute atomic E-state index is 3.80. The number of fused-ring (bicyclic) bond motifs is 1. The first kappa shape index (κ1) is 8.06. The average Bonchev–Trinajstić information content (AvgIpc) is 2.06. The number of alkyl halides is 1. The molecule has 1 saturated heterocycles. The van der Waals surface area contributed by atoms with Gasteiger partial charge in [0.15, 0.2) is 0 Å². The first-order valence-electron chi connectivity index (χ1n) is 4.72. The van der Waals surface area contributed by atoms with Gasteiger partial charge in [-0.25, -0.2) is 0 Å². The topological polar surface area (TPSA) is 12.0 Å².